The molecule has 0 spiro atoms. The number of esters is 2. The van der Waals surface area contributed by atoms with E-state index in [1.54, 1.807) is 0 Å². The summed E-state index contributed by atoms with van der Waals surface area (Å²) in [7, 11) is -4.38. The summed E-state index contributed by atoms with van der Waals surface area (Å²) in [5.74, 6) is -0.799. The molecule has 0 aliphatic rings. The van der Waals surface area contributed by atoms with Gasteiger partial charge in [-0.25, -0.2) is 4.57 Å². The molecule has 0 bridgehead atoms. The second-order valence-corrected chi connectivity index (χ2v) is 23.8. The molecule has 0 radical (unpaired) electrons. The molecular weight excluding hydrogens is 930 g/mol. The van der Waals surface area contributed by atoms with Crippen LogP contribution in [0.4, 0.5) is 0 Å². The first-order valence-electron chi connectivity index (χ1n) is 32.5. The van der Waals surface area contributed by atoms with Crippen LogP contribution < -0.4 is 5.73 Å². The number of unbranched alkanes of at least 4 members (excludes halogenated alkanes) is 50. The highest BCUT2D eigenvalue weighted by Crippen LogP contribution is 2.43. The zero-order valence-electron chi connectivity index (χ0n) is 48.9. The summed E-state index contributed by atoms with van der Waals surface area (Å²) < 4.78 is 33.1. The number of carbonyl (C=O) groups is 2. The summed E-state index contributed by atoms with van der Waals surface area (Å²) in [5.41, 5.74) is 5.39. The highest BCUT2D eigenvalue weighted by molar-refractivity contribution is 7.47. The Balaban J connectivity index is 3.82. The quantitative estimate of drug-likeness (QED) is 0.0347. The van der Waals surface area contributed by atoms with Gasteiger partial charge in [0.05, 0.1) is 13.2 Å². The first kappa shape index (κ1) is 72.0. The van der Waals surface area contributed by atoms with Gasteiger partial charge in [0, 0.05) is 19.4 Å². The van der Waals surface area contributed by atoms with Gasteiger partial charge in [-0.2, -0.15) is 0 Å². The van der Waals surface area contributed by atoms with E-state index in [0.717, 1.165) is 32.1 Å². The first-order chi connectivity index (χ1) is 35.8. The van der Waals surface area contributed by atoms with Crippen LogP contribution in [0.15, 0.2) is 0 Å². The van der Waals surface area contributed by atoms with Crippen molar-refractivity contribution in [1.29, 1.82) is 0 Å². The molecular formula is C63H126NO8P. The lowest BCUT2D eigenvalue weighted by molar-refractivity contribution is -0.161. The van der Waals surface area contributed by atoms with Crippen molar-refractivity contribution in [2.45, 2.75) is 367 Å². The fourth-order valence-electron chi connectivity index (χ4n) is 10.2. The van der Waals surface area contributed by atoms with E-state index in [0.29, 0.717) is 12.8 Å². The highest BCUT2D eigenvalue weighted by atomic mass is 31.2. The number of phosphoric ester groups is 1. The van der Waals surface area contributed by atoms with Gasteiger partial charge in [-0.1, -0.05) is 335 Å². The molecule has 0 aromatic heterocycles. The van der Waals surface area contributed by atoms with E-state index in [2.05, 4.69) is 13.8 Å². The minimum atomic E-state index is -4.38. The Hall–Kier alpha value is -0.990. The van der Waals surface area contributed by atoms with Crippen LogP contribution >= 0.6 is 7.82 Å². The van der Waals surface area contributed by atoms with Gasteiger partial charge in [0.15, 0.2) is 6.10 Å². The Bertz CT molecular complexity index is 1160. The van der Waals surface area contributed by atoms with Crippen molar-refractivity contribution in [2.75, 3.05) is 26.4 Å². The van der Waals surface area contributed by atoms with Crippen molar-refractivity contribution in [3.8, 4) is 0 Å². The molecule has 0 aliphatic heterocycles. The van der Waals surface area contributed by atoms with Crippen molar-refractivity contribution in [1.82, 2.24) is 0 Å². The number of phosphoric acid groups is 1. The lowest BCUT2D eigenvalue weighted by atomic mass is 10.0. The molecule has 0 saturated carbocycles. The van der Waals surface area contributed by atoms with Crippen LogP contribution in [0, 0.1) is 0 Å². The summed E-state index contributed by atoms with van der Waals surface area (Å²) >= 11 is 0. The van der Waals surface area contributed by atoms with Crippen molar-refractivity contribution < 1.29 is 37.6 Å². The SMILES string of the molecule is CCCCCCCCCCCCCCCCCCCCCCCCCCCCCCCCCC(=O)OC(COC(=O)CCCCCCCCCCCCCCCCCCCCCCC)COP(=O)(O)OCCN. The Labute approximate surface area is 454 Å². The van der Waals surface area contributed by atoms with E-state index in [4.69, 9.17) is 24.3 Å². The Kier molecular flexibility index (Phi) is 59.4. The number of hydrogen-bond donors (Lipinski definition) is 2. The van der Waals surface area contributed by atoms with Crippen molar-refractivity contribution in [3.05, 3.63) is 0 Å². The Morgan fingerprint density at radius 2 is 0.589 bits per heavy atom. The van der Waals surface area contributed by atoms with E-state index in [-0.39, 0.29) is 32.1 Å². The van der Waals surface area contributed by atoms with Gasteiger partial charge in [0.1, 0.15) is 6.61 Å². The number of rotatable bonds is 63. The smallest absolute Gasteiger partial charge is 0.462 e. The monoisotopic (exact) mass is 1060 g/mol. The minimum Gasteiger partial charge on any atom is -0.462 e. The van der Waals surface area contributed by atoms with Crippen LogP contribution in [0.1, 0.15) is 361 Å². The summed E-state index contributed by atoms with van der Waals surface area (Å²) in [4.78, 5) is 35.3. The lowest BCUT2D eigenvalue weighted by Crippen LogP contribution is -2.29. The third-order valence-electron chi connectivity index (χ3n) is 15.0. The van der Waals surface area contributed by atoms with Gasteiger partial charge in [-0.05, 0) is 12.8 Å². The van der Waals surface area contributed by atoms with E-state index in [1.807, 2.05) is 0 Å². The molecule has 2 unspecified atom stereocenters. The molecule has 0 aliphatic carbocycles. The van der Waals surface area contributed by atoms with Gasteiger partial charge >= 0.3 is 19.8 Å². The fourth-order valence-corrected chi connectivity index (χ4v) is 10.9. The Morgan fingerprint density at radius 3 is 0.836 bits per heavy atom. The largest absolute Gasteiger partial charge is 0.472 e. The van der Waals surface area contributed by atoms with E-state index in [9.17, 15) is 19.0 Å². The number of ether oxygens (including phenoxy) is 2. The maximum Gasteiger partial charge on any atom is 0.472 e. The molecule has 0 aromatic rings. The van der Waals surface area contributed by atoms with Gasteiger partial charge in [0.25, 0.3) is 0 Å². The number of hydrogen-bond acceptors (Lipinski definition) is 8. The second-order valence-electron chi connectivity index (χ2n) is 22.4. The normalized spacial score (nSPS) is 12.9. The standard InChI is InChI=1S/C63H126NO8P/c1-3-5-7-9-11-13-15-17-19-21-23-25-26-27-28-29-30-31-32-33-34-36-38-40-42-44-46-48-50-52-54-56-63(66)72-61(60-71-73(67,68)70-58-57-64)59-69-62(65)55-53-51-49-47-45-43-41-39-37-35-24-22-20-18-16-14-12-10-8-6-4-2/h61H,3-60,64H2,1-2H3,(H,67,68). The predicted octanol–water partition coefficient (Wildman–Crippen LogP) is 20.6. The van der Waals surface area contributed by atoms with Crippen LogP contribution in [0.25, 0.3) is 0 Å². The zero-order valence-corrected chi connectivity index (χ0v) is 49.8. The molecule has 0 heterocycles. The Morgan fingerprint density at radius 1 is 0.356 bits per heavy atom. The molecule has 9 nitrogen and oxygen atoms in total. The third-order valence-corrected chi connectivity index (χ3v) is 16.0. The van der Waals surface area contributed by atoms with Crippen molar-refractivity contribution >= 4 is 19.8 Å². The summed E-state index contributed by atoms with van der Waals surface area (Å²) in [6, 6.07) is 0. The van der Waals surface area contributed by atoms with Gasteiger partial charge in [-0.15, -0.1) is 0 Å². The van der Waals surface area contributed by atoms with Gasteiger partial charge < -0.3 is 20.1 Å². The average Bonchev–Trinajstić information content (AvgIpc) is 3.38. The molecule has 3 N–H and O–H groups in total. The maximum absolute atomic E-state index is 12.7. The predicted molar refractivity (Wildman–Crippen MR) is 312 cm³/mol. The molecule has 0 amide bonds. The lowest BCUT2D eigenvalue weighted by Gasteiger charge is -2.19. The van der Waals surface area contributed by atoms with Gasteiger partial charge in [-0.3, -0.25) is 18.6 Å². The average molecular weight is 1060 g/mol. The molecule has 0 rings (SSSR count). The highest BCUT2D eigenvalue weighted by Gasteiger charge is 2.26. The topological polar surface area (TPSA) is 134 Å². The minimum absolute atomic E-state index is 0.0587. The van der Waals surface area contributed by atoms with Crippen LogP contribution in [0.5, 0.6) is 0 Å². The zero-order chi connectivity index (χ0) is 53.1. The maximum atomic E-state index is 12.7. The second kappa shape index (κ2) is 60.2. The first-order valence-corrected chi connectivity index (χ1v) is 34.0. The summed E-state index contributed by atoms with van der Waals surface area (Å²) in [5, 5.41) is 0. The van der Waals surface area contributed by atoms with E-state index >= 15 is 0 Å². The third kappa shape index (κ3) is 60.1. The summed E-state index contributed by atoms with van der Waals surface area (Å²) in [6.45, 7) is 3.84. The molecule has 436 valence electrons. The molecule has 2 atom stereocenters. The molecule has 0 fully saturated rings. The molecule has 0 aromatic carbocycles. The van der Waals surface area contributed by atoms with Crippen LogP contribution in [-0.2, 0) is 32.7 Å². The van der Waals surface area contributed by atoms with E-state index in [1.165, 1.54) is 295 Å². The number of nitrogens with two attached hydrogens (primary N) is 1. The summed E-state index contributed by atoms with van der Waals surface area (Å²) in [6.07, 6.45) is 69.0. The van der Waals surface area contributed by atoms with Crippen molar-refractivity contribution in [3.63, 3.8) is 0 Å². The van der Waals surface area contributed by atoms with Crippen LogP contribution in [0.3, 0.4) is 0 Å². The van der Waals surface area contributed by atoms with Crippen LogP contribution in [0.2, 0.25) is 0 Å². The van der Waals surface area contributed by atoms with Crippen molar-refractivity contribution in [2.24, 2.45) is 5.73 Å². The molecule has 0 saturated heterocycles. The number of carbonyl (C=O) groups excluding carboxylic acids is 2. The molecule has 73 heavy (non-hydrogen) atoms. The fraction of sp³-hybridized carbons (Fsp3) is 0.968. The molecule has 10 heteroatoms. The van der Waals surface area contributed by atoms with Gasteiger partial charge in [0.2, 0.25) is 0 Å². The van der Waals surface area contributed by atoms with E-state index < -0.39 is 26.5 Å². The van der Waals surface area contributed by atoms with Crippen LogP contribution in [-0.4, -0.2) is 49.3 Å².